The molecule has 0 heterocycles. The predicted molar refractivity (Wildman–Crippen MR) is 89.7 cm³/mol. The second-order valence-electron chi connectivity index (χ2n) is 4.64. The molecular weight excluding hydrogens is 316 g/mol. The first-order valence-electron chi connectivity index (χ1n) is 7.87. The van der Waals surface area contributed by atoms with Crippen molar-refractivity contribution in [1.29, 1.82) is 0 Å². The molecule has 0 aromatic rings. The van der Waals surface area contributed by atoms with Gasteiger partial charge in [-0.15, -0.1) is 13.2 Å². The van der Waals surface area contributed by atoms with Gasteiger partial charge in [0.15, 0.2) is 0 Å². The summed E-state index contributed by atoms with van der Waals surface area (Å²) in [6.07, 6.45) is 5.64. The fourth-order valence-electron chi connectivity index (χ4n) is 1.84. The summed E-state index contributed by atoms with van der Waals surface area (Å²) < 4.78 is 23.3. The van der Waals surface area contributed by atoms with Crippen LogP contribution in [0.4, 0.5) is 0 Å². The summed E-state index contributed by atoms with van der Waals surface area (Å²) in [5.74, 6) is 0. The molecule has 2 atom stereocenters. The molecule has 0 aliphatic heterocycles. The van der Waals surface area contributed by atoms with Crippen LogP contribution in [0.2, 0.25) is 0 Å². The van der Waals surface area contributed by atoms with Gasteiger partial charge in [0.05, 0.1) is 12.2 Å². The highest BCUT2D eigenvalue weighted by Crippen LogP contribution is 2.21. The lowest BCUT2D eigenvalue weighted by atomic mass is 10.2. The highest BCUT2D eigenvalue weighted by atomic mass is 28.4. The molecule has 0 aliphatic rings. The molecule has 7 heteroatoms. The van der Waals surface area contributed by atoms with Crippen LogP contribution in [0.25, 0.3) is 0 Å². The zero-order valence-corrected chi connectivity index (χ0v) is 15.1. The molecular formula is C16H28O6Si. The lowest BCUT2D eigenvalue weighted by Gasteiger charge is -2.32. The van der Waals surface area contributed by atoms with E-state index in [0.29, 0.717) is 38.9 Å². The molecule has 2 unspecified atom stereocenters. The predicted octanol–water partition coefficient (Wildman–Crippen LogP) is 2.60. The van der Waals surface area contributed by atoms with E-state index in [-0.39, 0.29) is 0 Å². The zero-order valence-electron chi connectivity index (χ0n) is 14.1. The molecule has 0 aliphatic carbocycles. The Morgan fingerprint density at radius 2 is 1.26 bits per heavy atom. The number of carbonyl (C=O) groups excluding carboxylic acids is 2. The molecule has 0 amide bonds. The van der Waals surface area contributed by atoms with Gasteiger partial charge in [-0.1, -0.05) is 12.2 Å². The molecule has 0 aromatic heterocycles. The average molecular weight is 344 g/mol. The Labute approximate surface area is 139 Å². The first-order chi connectivity index (χ1) is 11.1. The summed E-state index contributed by atoms with van der Waals surface area (Å²) >= 11 is 0. The molecule has 23 heavy (non-hydrogen) atoms. The van der Waals surface area contributed by atoms with Crippen LogP contribution in [0.3, 0.4) is 0 Å². The Balaban J connectivity index is 5.15. The van der Waals surface area contributed by atoms with Crippen LogP contribution in [-0.4, -0.2) is 47.0 Å². The molecule has 132 valence electrons. The normalized spacial score (nSPS) is 14.0. The monoisotopic (exact) mass is 344 g/mol. The van der Waals surface area contributed by atoms with Crippen molar-refractivity contribution in [1.82, 2.24) is 0 Å². The lowest BCUT2D eigenvalue weighted by molar-refractivity contribution is -0.108. The smallest absolute Gasteiger partial charge is 0.351 e. The van der Waals surface area contributed by atoms with Crippen molar-refractivity contribution in [3.8, 4) is 0 Å². The quantitative estimate of drug-likeness (QED) is 0.243. The van der Waals surface area contributed by atoms with Crippen LogP contribution in [0.5, 0.6) is 0 Å². The Morgan fingerprint density at radius 1 is 0.870 bits per heavy atom. The summed E-state index contributed by atoms with van der Waals surface area (Å²) in [5, 5.41) is 0. The van der Waals surface area contributed by atoms with Crippen molar-refractivity contribution in [3.63, 3.8) is 0 Å². The highest BCUT2D eigenvalue weighted by molar-refractivity contribution is 6.53. The van der Waals surface area contributed by atoms with Crippen LogP contribution in [0.1, 0.15) is 39.5 Å². The molecule has 0 fully saturated rings. The Morgan fingerprint density at radius 3 is 1.52 bits per heavy atom. The van der Waals surface area contributed by atoms with Gasteiger partial charge in [0.25, 0.3) is 0 Å². The molecule has 0 N–H and O–H groups in total. The number of hydrogen-bond acceptors (Lipinski definition) is 6. The van der Waals surface area contributed by atoms with E-state index in [4.69, 9.17) is 17.7 Å². The molecule has 0 rings (SSSR count). The van der Waals surface area contributed by atoms with Crippen LogP contribution in [0.15, 0.2) is 25.3 Å². The summed E-state index contributed by atoms with van der Waals surface area (Å²) in [6.45, 7) is 11.8. The number of carbonyl (C=O) groups is 2. The van der Waals surface area contributed by atoms with E-state index in [1.54, 1.807) is 12.2 Å². The largest absolute Gasteiger partial charge is 0.680 e. The maximum Gasteiger partial charge on any atom is 0.680 e. The molecule has 0 saturated carbocycles. The first-order valence-corrected chi connectivity index (χ1v) is 9.50. The summed E-state index contributed by atoms with van der Waals surface area (Å²) in [4.78, 5) is 21.1. The van der Waals surface area contributed by atoms with Gasteiger partial charge < -0.3 is 27.3 Å². The van der Waals surface area contributed by atoms with Gasteiger partial charge in [-0.3, -0.25) is 0 Å². The maximum atomic E-state index is 10.6. The maximum absolute atomic E-state index is 10.6. The second kappa shape index (κ2) is 13.3. The number of rotatable bonds is 16. The molecule has 0 radical (unpaired) electrons. The molecule has 6 nitrogen and oxygen atoms in total. The summed E-state index contributed by atoms with van der Waals surface area (Å²) in [5.41, 5.74) is 0. The van der Waals surface area contributed by atoms with Crippen molar-refractivity contribution in [2.45, 2.75) is 51.7 Å². The van der Waals surface area contributed by atoms with E-state index < -0.39 is 21.3 Å². The van der Waals surface area contributed by atoms with Crippen molar-refractivity contribution >= 4 is 21.6 Å². The van der Waals surface area contributed by atoms with E-state index >= 15 is 0 Å². The SMILES string of the molecule is C=CC(CCC=O)O[Si](OCC)(OCC)OC(C=C)CCC=O. The van der Waals surface area contributed by atoms with Crippen molar-refractivity contribution in [2.75, 3.05) is 13.2 Å². The van der Waals surface area contributed by atoms with Crippen LogP contribution in [-0.2, 0) is 27.3 Å². The second-order valence-corrected chi connectivity index (χ2v) is 6.69. The van der Waals surface area contributed by atoms with Gasteiger partial charge >= 0.3 is 9.05 Å². The van der Waals surface area contributed by atoms with Gasteiger partial charge in [-0.2, -0.15) is 0 Å². The van der Waals surface area contributed by atoms with Crippen molar-refractivity contribution < 1.29 is 27.3 Å². The van der Waals surface area contributed by atoms with E-state index in [1.807, 2.05) is 13.8 Å². The minimum Gasteiger partial charge on any atom is -0.351 e. The van der Waals surface area contributed by atoms with Gasteiger partial charge in [0, 0.05) is 26.1 Å². The highest BCUT2D eigenvalue weighted by Gasteiger charge is 2.48. The minimum atomic E-state index is -3.44. The fraction of sp³-hybridized carbons (Fsp3) is 0.625. The Kier molecular flexibility index (Phi) is 12.7. The van der Waals surface area contributed by atoms with Gasteiger partial charge in [0.1, 0.15) is 12.6 Å². The third-order valence-corrected chi connectivity index (χ3v) is 5.36. The van der Waals surface area contributed by atoms with Gasteiger partial charge in [0.2, 0.25) is 0 Å². The van der Waals surface area contributed by atoms with Gasteiger partial charge in [-0.05, 0) is 26.7 Å². The molecule has 0 saturated heterocycles. The lowest BCUT2D eigenvalue weighted by Crippen LogP contribution is -2.53. The summed E-state index contributed by atoms with van der Waals surface area (Å²) in [7, 11) is -3.44. The Bertz CT molecular complexity index is 326. The van der Waals surface area contributed by atoms with E-state index in [0.717, 1.165) is 12.6 Å². The topological polar surface area (TPSA) is 71.1 Å². The molecule has 0 aromatic carbocycles. The van der Waals surface area contributed by atoms with E-state index in [9.17, 15) is 9.59 Å². The fourth-order valence-corrected chi connectivity index (χ4v) is 4.13. The van der Waals surface area contributed by atoms with E-state index in [1.165, 1.54) is 0 Å². The third kappa shape index (κ3) is 8.92. The zero-order chi connectivity index (χ0) is 17.6. The Hall–Kier alpha value is -1.12. The van der Waals surface area contributed by atoms with Gasteiger partial charge in [-0.25, -0.2) is 0 Å². The van der Waals surface area contributed by atoms with Crippen molar-refractivity contribution in [2.24, 2.45) is 0 Å². The molecule has 0 bridgehead atoms. The third-order valence-electron chi connectivity index (χ3n) is 2.90. The van der Waals surface area contributed by atoms with E-state index in [2.05, 4.69) is 13.2 Å². The standard InChI is InChI=1S/C16H28O6Si/c1-5-15(11-9-13-17)21-23(19-7-3,20-8-4)22-16(6-2)12-10-14-18/h5-6,13-16H,1-2,7-12H2,3-4H3. The first kappa shape index (κ1) is 21.9. The number of aldehydes is 2. The summed E-state index contributed by atoms with van der Waals surface area (Å²) in [6, 6.07) is 0. The van der Waals surface area contributed by atoms with Crippen LogP contribution >= 0.6 is 0 Å². The van der Waals surface area contributed by atoms with Crippen LogP contribution < -0.4 is 0 Å². The molecule has 0 spiro atoms. The minimum absolute atomic E-state index is 0.343. The number of hydrogen-bond donors (Lipinski definition) is 0. The average Bonchev–Trinajstić information content (AvgIpc) is 2.55. The van der Waals surface area contributed by atoms with Crippen molar-refractivity contribution in [3.05, 3.63) is 25.3 Å². The van der Waals surface area contributed by atoms with Crippen LogP contribution in [0, 0.1) is 0 Å².